The highest BCUT2D eigenvalue weighted by atomic mass is 32.2. The third-order valence-electron chi connectivity index (χ3n) is 5.25. The Morgan fingerprint density at radius 3 is 2.79 bits per heavy atom. The van der Waals surface area contributed by atoms with Crippen LogP contribution in [-0.4, -0.2) is 37.9 Å². The van der Waals surface area contributed by atoms with E-state index in [1.807, 2.05) is 16.4 Å². The van der Waals surface area contributed by atoms with Crippen LogP contribution >= 0.6 is 11.8 Å². The number of benzene rings is 1. The third-order valence-corrected chi connectivity index (χ3v) is 6.17. The van der Waals surface area contributed by atoms with Crippen LogP contribution in [0.5, 0.6) is 0 Å². The molecule has 2 aliphatic rings. The molecule has 1 amide bonds. The highest BCUT2D eigenvalue weighted by molar-refractivity contribution is 7.99. The quantitative estimate of drug-likeness (QED) is 0.626. The van der Waals surface area contributed by atoms with Gasteiger partial charge in [-0.25, -0.2) is 4.39 Å². The van der Waals surface area contributed by atoms with E-state index in [0.717, 1.165) is 37.8 Å². The van der Waals surface area contributed by atoms with E-state index >= 15 is 0 Å². The molecule has 1 aromatic carbocycles. The summed E-state index contributed by atoms with van der Waals surface area (Å²) >= 11 is 1.40. The van der Waals surface area contributed by atoms with Crippen molar-refractivity contribution >= 4 is 17.7 Å². The smallest absolute Gasteiger partial charge is 0.237 e. The summed E-state index contributed by atoms with van der Waals surface area (Å²) in [5.74, 6) is 0.662. The summed E-state index contributed by atoms with van der Waals surface area (Å²) in [5.41, 5.74) is 1.61. The number of hydrogen-bond donors (Lipinski definition) is 0. The van der Waals surface area contributed by atoms with Gasteiger partial charge < -0.3 is 4.90 Å². The van der Waals surface area contributed by atoms with Crippen LogP contribution < -0.4 is 0 Å². The van der Waals surface area contributed by atoms with E-state index < -0.39 is 0 Å². The SMILES string of the molecule is CCN(C(=O)CSc1nnc(-c2ccccc2F)n1C1CC1)C1=CCCCC1. The maximum Gasteiger partial charge on any atom is 0.237 e. The fraction of sp³-hybridized carbons (Fsp3) is 0.476. The maximum absolute atomic E-state index is 14.3. The highest BCUT2D eigenvalue weighted by Crippen LogP contribution is 2.41. The molecule has 0 bridgehead atoms. The number of hydrogen-bond acceptors (Lipinski definition) is 4. The third kappa shape index (κ3) is 3.99. The Morgan fingerprint density at radius 1 is 1.29 bits per heavy atom. The van der Waals surface area contributed by atoms with Gasteiger partial charge in [-0.15, -0.1) is 10.2 Å². The molecule has 0 aliphatic heterocycles. The van der Waals surface area contributed by atoms with Crippen LogP contribution in [0.25, 0.3) is 11.4 Å². The van der Waals surface area contributed by atoms with Gasteiger partial charge in [0.25, 0.3) is 0 Å². The van der Waals surface area contributed by atoms with Crippen molar-refractivity contribution in [2.45, 2.75) is 56.6 Å². The Bertz CT molecular complexity index is 890. The molecule has 4 rings (SSSR count). The van der Waals surface area contributed by atoms with Crippen LogP contribution in [0.1, 0.15) is 51.5 Å². The van der Waals surface area contributed by atoms with Crippen LogP contribution in [0, 0.1) is 5.82 Å². The second-order valence-electron chi connectivity index (χ2n) is 7.26. The molecule has 0 unspecified atom stereocenters. The van der Waals surface area contributed by atoms with Gasteiger partial charge in [0.05, 0.1) is 11.3 Å². The summed E-state index contributed by atoms with van der Waals surface area (Å²) in [4.78, 5) is 14.7. The molecular formula is C21H25FN4OS. The molecule has 7 heteroatoms. The van der Waals surface area contributed by atoms with E-state index in [-0.39, 0.29) is 11.7 Å². The average Bonchev–Trinajstić information content (AvgIpc) is 3.47. The van der Waals surface area contributed by atoms with Crippen LogP contribution in [-0.2, 0) is 4.79 Å². The standard InChI is InChI=1S/C21H25FN4OS/c1-2-25(15-8-4-3-5-9-15)19(27)14-28-21-24-23-20(26(21)16-12-13-16)17-10-6-7-11-18(17)22/h6-8,10-11,16H,2-5,9,12-14H2,1H3. The fourth-order valence-electron chi connectivity index (χ4n) is 3.67. The van der Waals surface area contributed by atoms with Gasteiger partial charge in [-0.05, 0) is 57.6 Å². The Kier molecular flexibility index (Phi) is 5.80. The average molecular weight is 401 g/mol. The zero-order valence-electron chi connectivity index (χ0n) is 16.1. The number of rotatable bonds is 7. The predicted octanol–water partition coefficient (Wildman–Crippen LogP) is 4.82. The van der Waals surface area contributed by atoms with E-state index in [4.69, 9.17) is 0 Å². The first-order chi connectivity index (χ1) is 13.7. The number of halogens is 1. The lowest BCUT2D eigenvalue weighted by Crippen LogP contribution is -2.32. The normalized spacial score (nSPS) is 16.7. The van der Waals surface area contributed by atoms with Crippen LogP contribution in [0.15, 0.2) is 41.2 Å². The van der Waals surface area contributed by atoms with Gasteiger partial charge in [-0.3, -0.25) is 9.36 Å². The number of aromatic nitrogens is 3. The molecule has 2 aliphatic carbocycles. The molecule has 0 spiro atoms. The van der Waals surface area contributed by atoms with Gasteiger partial charge in [0.2, 0.25) is 5.91 Å². The molecule has 1 saturated carbocycles. The van der Waals surface area contributed by atoms with E-state index in [1.54, 1.807) is 18.2 Å². The lowest BCUT2D eigenvalue weighted by Gasteiger charge is -2.26. The maximum atomic E-state index is 14.3. The van der Waals surface area contributed by atoms with Gasteiger partial charge >= 0.3 is 0 Å². The molecule has 1 heterocycles. The van der Waals surface area contributed by atoms with Crippen molar-refractivity contribution in [3.8, 4) is 11.4 Å². The Balaban J connectivity index is 1.52. The summed E-state index contributed by atoms with van der Waals surface area (Å²) in [6, 6.07) is 6.94. The van der Waals surface area contributed by atoms with Crippen molar-refractivity contribution in [2.75, 3.05) is 12.3 Å². The predicted molar refractivity (Wildman–Crippen MR) is 108 cm³/mol. The van der Waals surface area contributed by atoms with E-state index in [9.17, 15) is 9.18 Å². The monoisotopic (exact) mass is 400 g/mol. The van der Waals surface area contributed by atoms with Crippen molar-refractivity contribution in [3.63, 3.8) is 0 Å². The first-order valence-electron chi connectivity index (χ1n) is 10.0. The molecule has 28 heavy (non-hydrogen) atoms. The number of allylic oxidation sites excluding steroid dienone is 2. The van der Waals surface area contributed by atoms with Crippen LogP contribution in [0.2, 0.25) is 0 Å². The Labute approximate surface area is 169 Å². The molecule has 0 atom stereocenters. The minimum atomic E-state index is -0.300. The van der Waals surface area contributed by atoms with Crippen molar-refractivity contribution in [3.05, 3.63) is 41.9 Å². The van der Waals surface area contributed by atoms with Crippen LogP contribution in [0.3, 0.4) is 0 Å². The van der Waals surface area contributed by atoms with Crippen LogP contribution in [0.4, 0.5) is 4.39 Å². The van der Waals surface area contributed by atoms with E-state index in [1.165, 1.54) is 24.2 Å². The van der Waals surface area contributed by atoms with Crippen molar-refractivity contribution in [1.29, 1.82) is 0 Å². The van der Waals surface area contributed by atoms with Crippen molar-refractivity contribution in [2.24, 2.45) is 0 Å². The summed E-state index contributed by atoms with van der Waals surface area (Å²) in [6.07, 6.45) is 8.63. The molecular weight excluding hydrogens is 375 g/mol. The largest absolute Gasteiger partial charge is 0.316 e. The summed E-state index contributed by atoms with van der Waals surface area (Å²) in [7, 11) is 0. The molecule has 0 saturated heterocycles. The van der Waals surface area contributed by atoms with Crippen molar-refractivity contribution < 1.29 is 9.18 Å². The summed E-state index contributed by atoms with van der Waals surface area (Å²) in [5, 5.41) is 9.24. The van der Waals surface area contributed by atoms with Gasteiger partial charge in [0.1, 0.15) is 5.82 Å². The second kappa shape index (κ2) is 8.47. The van der Waals surface area contributed by atoms with Crippen molar-refractivity contribution in [1.82, 2.24) is 19.7 Å². The van der Waals surface area contributed by atoms with E-state index in [2.05, 4.69) is 16.3 Å². The number of nitrogens with zero attached hydrogens (tertiary/aromatic N) is 4. The second-order valence-corrected chi connectivity index (χ2v) is 8.20. The lowest BCUT2D eigenvalue weighted by molar-refractivity contribution is -0.126. The summed E-state index contributed by atoms with van der Waals surface area (Å²) < 4.78 is 16.3. The molecule has 2 aromatic rings. The zero-order valence-corrected chi connectivity index (χ0v) is 16.9. The molecule has 5 nitrogen and oxygen atoms in total. The van der Waals surface area contributed by atoms with Gasteiger partial charge in [-0.1, -0.05) is 30.0 Å². The van der Waals surface area contributed by atoms with Gasteiger partial charge in [-0.2, -0.15) is 0 Å². The summed E-state index contributed by atoms with van der Waals surface area (Å²) in [6.45, 7) is 2.70. The minimum Gasteiger partial charge on any atom is -0.316 e. The Hall–Kier alpha value is -2.15. The molecule has 148 valence electrons. The first-order valence-corrected chi connectivity index (χ1v) is 11.0. The fourth-order valence-corrected chi connectivity index (χ4v) is 4.56. The van der Waals surface area contributed by atoms with E-state index in [0.29, 0.717) is 34.9 Å². The first kappa shape index (κ1) is 19.2. The topological polar surface area (TPSA) is 51.0 Å². The minimum absolute atomic E-state index is 0.0958. The zero-order chi connectivity index (χ0) is 19.5. The number of carbonyl (C=O) groups is 1. The number of thioether (sulfide) groups is 1. The molecule has 0 radical (unpaired) electrons. The highest BCUT2D eigenvalue weighted by Gasteiger charge is 2.31. The van der Waals surface area contributed by atoms with Gasteiger partial charge in [0.15, 0.2) is 11.0 Å². The lowest BCUT2D eigenvalue weighted by atomic mass is 10.0. The number of carbonyl (C=O) groups excluding carboxylic acids is 1. The molecule has 1 aromatic heterocycles. The molecule has 0 N–H and O–H groups in total. The van der Waals surface area contributed by atoms with Gasteiger partial charge in [0, 0.05) is 18.3 Å². The number of amides is 1. The molecule has 1 fully saturated rings. The Morgan fingerprint density at radius 2 is 2.11 bits per heavy atom.